The van der Waals surface area contributed by atoms with Gasteiger partial charge in [-0.3, -0.25) is 0 Å². The molecule has 1 aromatic rings. The average Bonchev–Trinajstić information content (AvgIpc) is 2.70. The minimum atomic E-state index is -0.400. The number of alkyl carbamates (subject to hydrolysis) is 1. The maximum absolute atomic E-state index is 11.2. The van der Waals surface area contributed by atoms with E-state index in [0.29, 0.717) is 13.1 Å². The molecule has 0 bridgehead atoms. The van der Waals surface area contributed by atoms with Gasteiger partial charge in [0, 0.05) is 15.8 Å². The van der Waals surface area contributed by atoms with E-state index in [4.69, 9.17) is 10.5 Å². The van der Waals surface area contributed by atoms with Crippen molar-refractivity contribution in [3.63, 3.8) is 0 Å². The predicted octanol–water partition coefficient (Wildman–Crippen LogP) is 1.69. The van der Waals surface area contributed by atoms with Crippen molar-refractivity contribution in [3.05, 3.63) is 21.9 Å². The lowest BCUT2D eigenvalue weighted by Crippen LogP contribution is -2.25. The molecule has 0 radical (unpaired) electrons. The zero-order valence-corrected chi connectivity index (χ0v) is 10.8. The first-order valence-electron chi connectivity index (χ1n) is 5.32. The lowest BCUT2D eigenvalue weighted by Gasteiger charge is -2.08. The molecule has 4 nitrogen and oxygen atoms in total. The Morgan fingerprint density at radius 3 is 3.06 bits per heavy atom. The van der Waals surface area contributed by atoms with E-state index < -0.39 is 6.09 Å². The largest absolute Gasteiger partial charge is 0.447 e. The highest BCUT2D eigenvalue weighted by Crippen LogP contribution is 2.13. The Balaban J connectivity index is 2.42. The van der Waals surface area contributed by atoms with Crippen LogP contribution in [0.5, 0.6) is 0 Å². The molecule has 0 aromatic carbocycles. The third-order valence-electron chi connectivity index (χ3n) is 1.74. The highest BCUT2D eigenvalue weighted by Gasteiger charge is 2.05. The van der Waals surface area contributed by atoms with E-state index in [1.807, 2.05) is 25.3 Å². The van der Waals surface area contributed by atoms with Gasteiger partial charge in [-0.1, -0.05) is 11.8 Å². The van der Waals surface area contributed by atoms with Crippen LogP contribution in [-0.4, -0.2) is 18.7 Å². The number of nitrogens with two attached hydrogens (primary N) is 1. The number of carbonyl (C=O) groups excluding carboxylic acids is 1. The molecular formula is C12H16N2O2S. The van der Waals surface area contributed by atoms with Crippen LogP contribution in [0.2, 0.25) is 0 Å². The Morgan fingerprint density at radius 1 is 1.65 bits per heavy atom. The summed E-state index contributed by atoms with van der Waals surface area (Å²) >= 11 is 1.55. The number of ether oxygens (including phenoxy) is 1. The number of rotatable bonds is 3. The Bertz CT molecular complexity index is 429. The summed E-state index contributed by atoms with van der Waals surface area (Å²) < 4.78 is 4.95. The van der Waals surface area contributed by atoms with Crippen molar-refractivity contribution >= 4 is 17.4 Å². The van der Waals surface area contributed by atoms with Gasteiger partial charge in [0.2, 0.25) is 0 Å². The molecule has 0 saturated heterocycles. The van der Waals surface area contributed by atoms with Gasteiger partial charge in [-0.2, -0.15) is 0 Å². The van der Waals surface area contributed by atoms with Crippen molar-refractivity contribution in [3.8, 4) is 11.8 Å². The van der Waals surface area contributed by atoms with Crippen molar-refractivity contribution in [2.75, 3.05) is 6.54 Å². The fourth-order valence-electron chi connectivity index (χ4n) is 1.11. The van der Waals surface area contributed by atoms with Gasteiger partial charge in [0.15, 0.2) is 0 Å². The molecule has 0 aliphatic carbocycles. The van der Waals surface area contributed by atoms with Crippen molar-refractivity contribution in [1.82, 2.24) is 5.32 Å². The van der Waals surface area contributed by atoms with Crippen molar-refractivity contribution in [2.24, 2.45) is 5.73 Å². The molecule has 5 heteroatoms. The molecule has 0 unspecified atom stereocenters. The molecule has 0 saturated carbocycles. The van der Waals surface area contributed by atoms with Crippen LogP contribution in [0.25, 0.3) is 0 Å². The van der Waals surface area contributed by atoms with E-state index >= 15 is 0 Å². The van der Waals surface area contributed by atoms with Gasteiger partial charge < -0.3 is 15.8 Å². The zero-order valence-electron chi connectivity index (χ0n) is 9.95. The van der Waals surface area contributed by atoms with Crippen LogP contribution in [0.15, 0.2) is 11.4 Å². The van der Waals surface area contributed by atoms with Crippen molar-refractivity contribution in [1.29, 1.82) is 0 Å². The van der Waals surface area contributed by atoms with E-state index in [2.05, 4.69) is 17.2 Å². The molecule has 1 heterocycles. The summed E-state index contributed by atoms with van der Waals surface area (Å²) in [6, 6.07) is 1.93. The minimum Gasteiger partial charge on any atom is -0.447 e. The summed E-state index contributed by atoms with van der Waals surface area (Å²) in [5.41, 5.74) is 6.21. The first-order chi connectivity index (χ1) is 8.11. The minimum absolute atomic E-state index is 0.107. The van der Waals surface area contributed by atoms with E-state index in [1.54, 1.807) is 11.3 Å². The average molecular weight is 252 g/mol. The summed E-state index contributed by atoms with van der Waals surface area (Å²) in [4.78, 5) is 12.3. The number of carbonyl (C=O) groups is 1. The third-order valence-corrected chi connectivity index (χ3v) is 2.67. The standard InChI is InChI=1S/C12H16N2O2S/c1-9(2)16-12(15)14-7-11-6-10(8-17-11)4-3-5-13/h6,8-9H,5,7,13H2,1-2H3,(H,14,15). The van der Waals surface area contributed by atoms with Gasteiger partial charge in [-0.15, -0.1) is 11.3 Å². The third kappa shape index (κ3) is 5.38. The molecule has 0 aliphatic heterocycles. The first kappa shape index (κ1) is 13.6. The van der Waals surface area contributed by atoms with Crippen LogP contribution in [0.1, 0.15) is 24.3 Å². The lowest BCUT2D eigenvalue weighted by molar-refractivity contribution is 0.115. The summed E-state index contributed by atoms with van der Waals surface area (Å²) in [7, 11) is 0. The Morgan fingerprint density at radius 2 is 2.41 bits per heavy atom. The number of hydrogen-bond acceptors (Lipinski definition) is 4. The van der Waals surface area contributed by atoms with E-state index in [-0.39, 0.29) is 6.10 Å². The molecule has 0 atom stereocenters. The van der Waals surface area contributed by atoms with Crippen LogP contribution < -0.4 is 11.1 Å². The molecular weight excluding hydrogens is 236 g/mol. The summed E-state index contributed by atoms with van der Waals surface area (Å²) in [6.45, 7) is 4.43. The molecule has 92 valence electrons. The van der Waals surface area contributed by atoms with Gasteiger partial charge in [-0.25, -0.2) is 4.79 Å². The van der Waals surface area contributed by atoms with Gasteiger partial charge >= 0.3 is 6.09 Å². The van der Waals surface area contributed by atoms with E-state index in [1.165, 1.54) is 0 Å². The highest BCUT2D eigenvalue weighted by atomic mass is 32.1. The zero-order chi connectivity index (χ0) is 12.7. The van der Waals surface area contributed by atoms with Crippen LogP contribution in [0.3, 0.4) is 0 Å². The smallest absolute Gasteiger partial charge is 0.407 e. The predicted molar refractivity (Wildman–Crippen MR) is 68.7 cm³/mol. The van der Waals surface area contributed by atoms with Crippen molar-refractivity contribution in [2.45, 2.75) is 26.5 Å². The molecule has 3 N–H and O–H groups in total. The van der Waals surface area contributed by atoms with Gasteiger partial charge in [0.25, 0.3) is 0 Å². The molecule has 1 rings (SSSR count). The molecule has 0 fully saturated rings. The fraction of sp³-hybridized carbons (Fsp3) is 0.417. The van der Waals surface area contributed by atoms with Crippen LogP contribution in [-0.2, 0) is 11.3 Å². The summed E-state index contributed by atoms with van der Waals surface area (Å²) in [6.07, 6.45) is -0.507. The fourth-order valence-corrected chi connectivity index (χ4v) is 1.86. The van der Waals surface area contributed by atoms with Gasteiger partial charge in [0.05, 0.1) is 19.2 Å². The monoisotopic (exact) mass is 252 g/mol. The Labute approximate surface area is 105 Å². The molecule has 0 spiro atoms. The van der Waals surface area contributed by atoms with E-state index in [0.717, 1.165) is 10.4 Å². The Hall–Kier alpha value is -1.51. The number of nitrogens with one attached hydrogen (secondary N) is 1. The maximum atomic E-state index is 11.2. The second kappa shape index (κ2) is 6.94. The normalized spacial score (nSPS) is 9.65. The lowest BCUT2D eigenvalue weighted by atomic mass is 10.3. The number of hydrogen-bond donors (Lipinski definition) is 2. The summed E-state index contributed by atoms with van der Waals surface area (Å²) in [5, 5.41) is 4.61. The van der Waals surface area contributed by atoms with Crippen LogP contribution in [0.4, 0.5) is 4.79 Å². The quantitative estimate of drug-likeness (QED) is 0.805. The highest BCUT2D eigenvalue weighted by molar-refractivity contribution is 7.10. The topological polar surface area (TPSA) is 64.3 Å². The maximum Gasteiger partial charge on any atom is 0.407 e. The number of thiophene rings is 1. The molecule has 0 aliphatic rings. The van der Waals surface area contributed by atoms with Gasteiger partial charge in [-0.05, 0) is 19.9 Å². The van der Waals surface area contributed by atoms with E-state index in [9.17, 15) is 4.79 Å². The van der Waals surface area contributed by atoms with Gasteiger partial charge in [0.1, 0.15) is 0 Å². The van der Waals surface area contributed by atoms with Crippen LogP contribution >= 0.6 is 11.3 Å². The molecule has 17 heavy (non-hydrogen) atoms. The molecule has 1 amide bonds. The van der Waals surface area contributed by atoms with Crippen LogP contribution in [0, 0.1) is 11.8 Å². The SMILES string of the molecule is CC(C)OC(=O)NCc1cc(C#CCN)cs1. The Kier molecular flexibility index (Phi) is 5.53. The second-order valence-electron chi connectivity index (χ2n) is 3.62. The summed E-state index contributed by atoms with van der Waals surface area (Å²) in [5.74, 6) is 5.72. The van der Waals surface area contributed by atoms with Crippen molar-refractivity contribution < 1.29 is 9.53 Å². The number of amides is 1. The second-order valence-corrected chi connectivity index (χ2v) is 4.61. The molecule has 1 aromatic heterocycles. The first-order valence-corrected chi connectivity index (χ1v) is 6.20.